The average Bonchev–Trinajstić information content (AvgIpc) is 3.05. The second-order valence-electron chi connectivity index (χ2n) is 6.50. The van der Waals surface area contributed by atoms with Gasteiger partial charge in [0, 0.05) is 19.0 Å². The molecule has 0 unspecified atom stereocenters. The van der Waals surface area contributed by atoms with Gasteiger partial charge in [-0.2, -0.15) is 0 Å². The Hall–Kier alpha value is -2.03. The Bertz CT molecular complexity index is 602. The van der Waals surface area contributed by atoms with E-state index in [9.17, 15) is 9.59 Å². The number of tetrazole rings is 1. The van der Waals surface area contributed by atoms with E-state index in [0.29, 0.717) is 6.54 Å². The molecule has 0 aliphatic carbocycles. The molecule has 3 rings (SSSR count). The molecule has 2 atom stereocenters. The van der Waals surface area contributed by atoms with Crippen LogP contribution in [0.2, 0.25) is 0 Å². The highest BCUT2D eigenvalue weighted by Crippen LogP contribution is 2.30. The van der Waals surface area contributed by atoms with Crippen LogP contribution in [0.3, 0.4) is 0 Å². The van der Waals surface area contributed by atoms with Crippen molar-refractivity contribution in [2.45, 2.75) is 51.7 Å². The summed E-state index contributed by atoms with van der Waals surface area (Å²) in [5.41, 5.74) is -0.828. The Morgan fingerprint density at radius 3 is 2.91 bits per heavy atom. The molecule has 126 valence electrons. The van der Waals surface area contributed by atoms with Crippen LogP contribution in [0, 0.1) is 5.92 Å². The first kappa shape index (κ1) is 15.9. The normalized spacial score (nSPS) is 28.7. The highest BCUT2D eigenvalue weighted by Gasteiger charge is 2.48. The van der Waals surface area contributed by atoms with E-state index in [0.717, 1.165) is 44.7 Å². The lowest BCUT2D eigenvalue weighted by Crippen LogP contribution is -2.55. The van der Waals surface area contributed by atoms with Crippen molar-refractivity contribution in [2.75, 3.05) is 13.1 Å². The second-order valence-corrected chi connectivity index (χ2v) is 6.50. The van der Waals surface area contributed by atoms with Crippen LogP contribution in [0.5, 0.6) is 0 Å². The van der Waals surface area contributed by atoms with Gasteiger partial charge in [0.15, 0.2) is 5.82 Å². The second kappa shape index (κ2) is 6.23. The number of nitrogens with zero attached hydrogens (tertiary/aromatic N) is 5. The van der Waals surface area contributed by atoms with Gasteiger partial charge >= 0.3 is 6.03 Å². The molecule has 3 heterocycles. The van der Waals surface area contributed by atoms with Crippen molar-refractivity contribution >= 4 is 11.9 Å². The SMILES string of the molecule is CCCn1nnnc1CN1CCC[C@H]([C@]2(C)NC(=O)NC2=O)C1. The van der Waals surface area contributed by atoms with Crippen molar-refractivity contribution in [3.05, 3.63) is 5.82 Å². The molecule has 23 heavy (non-hydrogen) atoms. The molecule has 0 radical (unpaired) electrons. The number of imide groups is 1. The van der Waals surface area contributed by atoms with Crippen molar-refractivity contribution in [1.82, 2.24) is 35.7 Å². The standard InChI is InChI=1S/C14H23N7O2/c1-3-6-21-11(17-18-19-21)9-20-7-4-5-10(8-20)14(2)12(22)15-13(23)16-14/h10H,3-9H2,1-2H3,(H2,15,16,22,23)/t10-,14-/m0/s1. The molecule has 2 fully saturated rings. The van der Waals surface area contributed by atoms with Gasteiger partial charge in [0.25, 0.3) is 5.91 Å². The van der Waals surface area contributed by atoms with E-state index < -0.39 is 11.6 Å². The Morgan fingerprint density at radius 2 is 2.22 bits per heavy atom. The minimum atomic E-state index is -0.828. The molecular weight excluding hydrogens is 298 g/mol. The molecule has 9 nitrogen and oxygen atoms in total. The van der Waals surface area contributed by atoms with Crippen molar-refractivity contribution < 1.29 is 9.59 Å². The number of piperidine rings is 1. The highest BCUT2D eigenvalue weighted by molar-refractivity contribution is 6.06. The number of rotatable bonds is 5. The lowest BCUT2D eigenvalue weighted by molar-refractivity contribution is -0.126. The zero-order valence-corrected chi connectivity index (χ0v) is 13.6. The fourth-order valence-corrected chi connectivity index (χ4v) is 3.44. The van der Waals surface area contributed by atoms with Crippen LogP contribution in [0.1, 0.15) is 38.9 Å². The van der Waals surface area contributed by atoms with Gasteiger partial charge in [-0.1, -0.05) is 6.92 Å². The summed E-state index contributed by atoms with van der Waals surface area (Å²) in [6.45, 7) is 7.04. The summed E-state index contributed by atoms with van der Waals surface area (Å²) in [6.07, 6.45) is 2.88. The van der Waals surface area contributed by atoms with Crippen LogP contribution in [0.25, 0.3) is 0 Å². The first-order chi connectivity index (χ1) is 11.0. The van der Waals surface area contributed by atoms with Gasteiger partial charge in [-0.3, -0.25) is 15.0 Å². The number of aromatic nitrogens is 4. The maximum Gasteiger partial charge on any atom is 0.322 e. The first-order valence-electron chi connectivity index (χ1n) is 8.14. The summed E-state index contributed by atoms with van der Waals surface area (Å²) in [5.74, 6) is 0.695. The number of hydrogen-bond donors (Lipinski definition) is 2. The Balaban J connectivity index is 1.68. The minimum absolute atomic E-state index is 0.0817. The van der Waals surface area contributed by atoms with Gasteiger partial charge in [-0.25, -0.2) is 9.48 Å². The zero-order chi connectivity index (χ0) is 16.4. The third-order valence-electron chi connectivity index (χ3n) is 4.80. The quantitative estimate of drug-likeness (QED) is 0.733. The van der Waals surface area contributed by atoms with Crippen molar-refractivity contribution in [1.29, 1.82) is 0 Å². The topological polar surface area (TPSA) is 105 Å². The summed E-state index contributed by atoms with van der Waals surface area (Å²) in [4.78, 5) is 25.9. The van der Waals surface area contributed by atoms with Crippen LogP contribution in [-0.2, 0) is 17.9 Å². The number of amides is 3. The Kier molecular flexibility index (Phi) is 4.29. The first-order valence-corrected chi connectivity index (χ1v) is 8.14. The van der Waals surface area contributed by atoms with E-state index in [1.165, 1.54) is 0 Å². The van der Waals surface area contributed by atoms with Crippen molar-refractivity contribution in [3.63, 3.8) is 0 Å². The summed E-state index contributed by atoms with van der Waals surface area (Å²) in [5, 5.41) is 17.0. The summed E-state index contributed by atoms with van der Waals surface area (Å²) >= 11 is 0. The van der Waals surface area contributed by atoms with E-state index in [-0.39, 0.29) is 11.8 Å². The molecule has 3 amide bonds. The van der Waals surface area contributed by atoms with Gasteiger partial charge in [-0.05, 0) is 43.2 Å². The number of hydrogen-bond acceptors (Lipinski definition) is 6. The van der Waals surface area contributed by atoms with E-state index in [2.05, 4.69) is 38.0 Å². The predicted octanol–water partition coefficient (Wildman–Crippen LogP) is -0.107. The van der Waals surface area contributed by atoms with E-state index >= 15 is 0 Å². The number of carbonyl (C=O) groups is 2. The highest BCUT2D eigenvalue weighted by atomic mass is 16.2. The van der Waals surface area contributed by atoms with E-state index in [1.807, 2.05) is 11.6 Å². The third kappa shape index (κ3) is 3.05. The Labute approximate surface area is 134 Å². The maximum absolute atomic E-state index is 12.1. The molecule has 2 N–H and O–H groups in total. The van der Waals surface area contributed by atoms with Gasteiger partial charge < -0.3 is 5.32 Å². The summed E-state index contributed by atoms with van der Waals surface area (Å²) < 4.78 is 1.83. The molecule has 1 aromatic heterocycles. The van der Waals surface area contributed by atoms with Crippen molar-refractivity contribution in [3.8, 4) is 0 Å². The van der Waals surface area contributed by atoms with E-state index in [4.69, 9.17) is 0 Å². The molecule has 9 heteroatoms. The van der Waals surface area contributed by atoms with Crippen LogP contribution >= 0.6 is 0 Å². The largest absolute Gasteiger partial charge is 0.323 e. The van der Waals surface area contributed by atoms with Gasteiger partial charge in [0.1, 0.15) is 5.54 Å². The van der Waals surface area contributed by atoms with Crippen LogP contribution in [0.15, 0.2) is 0 Å². The third-order valence-corrected chi connectivity index (χ3v) is 4.80. The number of carbonyl (C=O) groups excluding carboxylic acids is 2. The van der Waals surface area contributed by atoms with Gasteiger partial charge in [-0.15, -0.1) is 5.10 Å². The summed E-state index contributed by atoms with van der Waals surface area (Å²) in [6, 6.07) is -0.401. The van der Waals surface area contributed by atoms with Crippen LogP contribution in [-0.4, -0.2) is 55.7 Å². The van der Waals surface area contributed by atoms with Gasteiger partial charge in [0.05, 0.1) is 6.54 Å². The molecule has 2 aliphatic heterocycles. The summed E-state index contributed by atoms with van der Waals surface area (Å²) in [7, 11) is 0. The molecule has 0 spiro atoms. The van der Waals surface area contributed by atoms with Gasteiger partial charge in [0.2, 0.25) is 0 Å². The molecule has 2 aliphatic rings. The number of likely N-dealkylation sites (tertiary alicyclic amines) is 1. The predicted molar refractivity (Wildman–Crippen MR) is 81.2 cm³/mol. The van der Waals surface area contributed by atoms with Crippen molar-refractivity contribution in [2.24, 2.45) is 5.92 Å². The maximum atomic E-state index is 12.1. The van der Waals surface area contributed by atoms with Crippen LogP contribution < -0.4 is 10.6 Å². The average molecular weight is 321 g/mol. The van der Waals surface area contributed by atoms with E-state index in [1.54, 1.807) is 0 Å². The number of nitrogens with one attached hydrogen (secondary N) is 2. The van der Waals surface area contributed by atoms with Crippen LogP contribution in [0.4, 0.5) is 4.79 Å². The monoisotopic (exact) mass is 321 g/mol. The number of urea groups is 1. The lowest BCUT2D eigenvalue weighted by atomic mass is 9.80. The molecule has 1 aromatic rings. The molecular formula is C14H23N7O2. The smallest absolute Gasteiger partial charge is 0.322 e. The fraction of sp³-hybridized carbons (Fsp3) is 0.786. The molecule has 0 bridgehead atoms. The molecule has 2 saturated heterocycles. The lowest BCUT2D eigenvalue weighted by Gasteiger charge is -2.39. The molecule has 0 aromatic carbocycles. The fourth-order valence-electron chi connectivity index (χ4n) is 3.44. The molecule has 0 saturated carbocycles. The Morgan fingerprint density at radius 1 is 1.39 bits per heavy atom. The minimum Gasteiger partial charge on any atom is -0.323 e. The zero-order valence-electron chi connectivity index (χ0n) is 13.6. The number of aryl methyl sites for hydroxylation is 1.